The largest absolute Gasteiger partial charge is 0.481 e. The van der Waals surface area contributed by atoms with Crippen LogP contribution in [0.4, 0.5) is 0 Å². The summed E-state index contributed by atoms with van der Waals surface area (Å²) < 4.78 is 11.1. The minimum Gasteiger partial charge on any atom is -0.481 e. The SMILES string of the molecule is CC(=O)CCCC(=O)O.N=S.[2H]C#C. The van der Waals surface area contributed by atoms with Gasteiger partial charge in [0.15, 0.2) is 0 Å². The zero-order chi connectivity index (χ0) is 12.0. The van der Waals surface area contributed by atoms with Gasteiger partial charge in [0.1, 0.15) is 7.15 Å². The van der Waals surface area contributed by atoms with Crippen LogP contribution < -0.4 is 0 Å². The van der Waals surface area contributed by atoms with E-state index in [0.29, 0.717) is 12.8 Å². The van der Waals surface area contributed by atoms with Gasteiger partial charge in [-0.05, 0) is 13.3 Å². The van der Waals surface area contributed by atoms with E-state index in [1.54, 1.807) is 0 Å². The lowest BCUT2D eigenvalue weighted by atomic mass is 10.2. The molecule has 0 bridgehead atoms. The van der Waals surface area contributed by atoms with Crippen LogP contribution in [0.15, 0.2) is 0 Å². The molecule has 0 saturated carbocycles. The summed E-state index contributed by atoms with van der Waals surface area (Å²) in [5, 5.41) is 8.12. The topological polar surface area (TPSA) is 78.2 Å². The van der Waals surface area contributed by atoms with E-state index < -0.39 is 5.97 Å². The van der Waals surface area contributed by atoms with Crippen LogP contribution in [0.5, 0.6) is 0 Å². The number of aliphatic carboxylic acids is 1. The van der Waals surface area contributed by atoms with E-state index in [-0.39, 0.29) is 12.2 Å². The Bertz CT molecular complexity index is 189. The Balaban J connectivity index is -0.000000205. The van der Waals surface area contributed by atoms with Gasteiger partial charge in [-0.3, -0.25) is 4.79 Å². The Kier molecular flexibility index (Phi) is 18.6. The Morgan fingerprint density at radius 3 is 2.15 bits per heavy atom. The number of ketones is 1. The second-order valence-corrected chi connectivity index (χ2v) is 1.95. The third kappa shape index (κ3) is 36.6. The Morgan fingerprint density at radius 1 is 1.54 bits per heavy atom. The molecule has 0 spiro atoms. The van der Waals surface area contributed by atoms with Crippen molar-refractivity contribution in [1.29, 1.82) is 4.78 Å². The maximum Gasteiger partial charge on any atom is 0.303 e. The average molecular weight is 204 g/mol. The zero-order valence-corrected chi connectivity index (χ0v) is 8.19. The van der Waals surface area contributed by atoms with E-state index in [1.807, 2.05) is 0 Å². The third-order valence-electron chi connectivity index (χ3n) is 0.919. The fourth-order valence-electron chi connectivity index (χ4n) is 0.489. The van der Waals surface area contributed by atoms with Crippen LogP contribution >= 0.6 is 0 Å². The molecule has 0 fully saturated rings. The molecule has 2 N–H and O–H groups in total. The van der Waals surface area contributed by atoms with Crippen LogP contribution in [0.2, 0.25) is 0 Å². The molecule has 0 aromatic carbocycles. The average Bonchev–Trinajstić information content (AvgIpc) is 2.08. The van der Waals surface area contributed by atoms with Crippen molar-refractivity contribution >= 4 is 24.2 Å². The Morgan fingerprint density at radius 2 is 1.92 bits per heavy atom. The molecule has 5 heteroatoms. The van der Waals surface area contributed by atoms with Gasteiger partial charge in [0.25, 0.3) is 0 Å². The second kappa shape index (κ2) is 17.0. The maximum atomic E-state index is 10.2. The summed E-state index contributed by atoms with van der Waals surface area (Å²) in [7, 11) is 0. The summed E-state index contributed by atoms with van der Waals surface area (Å²) in [6, 6.07) is 0. The molecule has 0 radical (unpaired) electrons. The van der Waals surface area contributed by atoms with Crippen LogP contribution in [0.3, 0.4) is 0 Å². The van der Waals surface area contributed by atoms with Crippen molar-refractivity contribution in [2.75, 3.05) is 0 Å². The number of carbonyl (C=O) groups is 2. The van der Waals surface area contributed by atoms with E-state index in [4.69, 9.17) is 11.3 Å². The number of carboxylic acid groups (broad SMARTS) is 1. The monoisotopic (exact) mass is 204 g/mol. The van der Waals surface area contributed by atoms with Crippen molar-refractivity contribution in [3.8, 4) is 12.8 Å². The van der Waals surface area contributed by atoms with E-state index in [1.165, 1.54) is 13.3 Å². The number of Topliss-reactive ketones (excluding diaryl/α,β-unsaturated/α-hetero) is 1. The van der Waals surface area contributed by atoms with E-state index in [9.17, 15) is 9.59 Å². The number of nitrogens with one attached hydrogen (secondary N) is 1. The van der Waals surface area contributed by atoms with Gasteiger partial charge < -0.3 is 9.90 Å². The van der Waals surface area contributed by atoms with Crippen molar-refractivity contribution < 1.29 is 16.1 Å². The first-order chi connectivity index (χ1) is 6.54. The highest BCUT2D eigenvalue weighted by Gasteiger charge is 1.97. The van der Waals surface area contributed by atoms with Gasteiger partial charge >= 0.3 is 5.97 Å². The summed E-state index contributed by atoms with van der Waals surface area (Å²) in [6.07, 6.45) is 6.70. The van der Waals surface area contributed by atoms with Gasteiger partial charge in [-0.25, -0.2) is 4.78 Å². The van der Waals surface area contributed by atoms with Gasteiger partial charge in [0, 0.05) is 25.3 Å². The first-order valence-electron chi connectivity index (χ1n) is 3.83. The van der Waals surface area contributed by atoms with Gasteiger partial charge in [-0.2, -0.15) is 0 Å². The van der Waals surface area contributed by atoms with E-state index in [2.05, 4.69) is 18.8 Å². The molecule has 13 heavy (non-hydrogen) atoms. The number of hydrogen-bond donors (Lipinski definition) is 2. The van der Waals surface area contributed by atoms with Crippen molar-refractivity contribution in [3.05, 3.63) is 0 Å². The summed E-state index contributed by atoms with van der Waals surface area (Å²) in [5.74, 6) is -0.785. The van der Waals surface area contributed by atoms with Gasteiger partial charge in [-0.1, -0.05) is 0 Å². The molecule has 0 amide bonds. The fourth-order valence-corrected chi connectivity index (χ4v) is 0.489. The minimum atomic E-state index is -0.837. The molecule has 0 heterocycles. The van der Waals surface area contributed by atoms with Crippen LogP contribution in [0.25, 0.3) is 0 Å². The lowest BCUT2D eigenvalue weighted by Gasteiger charge is -1.89. The van der Waals surface area contributed by atoms with Crippen LogP contribution in [0, 0.1) is 17.6 Å². The van der Waals surface area contributed by atoms with Gasteiger partial charge in [0.05, 0.1) is 0 Å². The molecule has 0 aromatic rings. The molecule has 4 nitrogen and oxygen atoms in total. The molecular formula is C8H13NO3S. The smallest absolute Gasteiger partial charge is 0.303 e. The number of carbonyl (C=O) groups excluding carboxylic acids is 1. The number of rotatable bonds is 4. The number of terminal acetylenes is 1. The van der Waals surface area contributed by atoms with E-state index in [0.717, 1.165) is 0 Å². The summed E-state index contributed by atoms with van der Waals surface area (Å²) in [6.45, 7) is 1.46. The first kappa shape index (κ1) is 14.3. The predicted molar refractivity (Wildman–Crippen MR) is 52.1 cm³/mol. The van der Waals surface area contributed by atoms with E-state index >= 15 is 0 Å². The van der Waals surface area contributed by atoms with Crippen molar-refractivity contribution in [1.82, 2.24) is 0 Å². The molecule has 0 aromatic heterocycles. The highest BCUT2D eigenvalue weighted by molar-refractivity contribution is 7.45. The molecule has 0 rings (SSSR count). The van der Waals surface area contributed by atoms with Gasteiger partial charge in [-0.15, -0.1) is 12.8 Å². The molecule has 0 aliphatic rings. The number of carboxylic acids is 1. The lowest BCUT2D eigenvalue weighted by molar-refractivity contribution is -0.137. The highest BCUT2D eigenvalue weighted by atomic mass is 32.1. The standard InChI is InChI=1S/C6H10O3.C2H2.HNS/c1-5(7)3-2-4-6(8)9;2*1-2/h2-4H2,1H3,(H,8,9);1-2H;1H/i;1D;. The van der Waals surface area contributed by atoms with Crippen molar-refractivity contribution in [2.24, 2.45) is 0 Å². The molecule has 0 aliphatic carbocycles. The molecule has 0 saturated heterocycles. The third-order valence-corrected chi connectivity index (χ3v) is 0.919. The van der Waals surface area contributed by atoms with Crippen molar-refractivity contribution in [2.45, 2.75) is 26.2 Å². The van der Waals surface area contributed by atoms with Crippen LogP contribution in [0.1, 0.15) is 27.6 Å². The van der Waals surface area contributed by atoms with Crippen molar-refractivity contribution in [3.63, 3.8) is 0 Å². The predicted octanol–water partition coefficient (Wildman–Crippen LogP) is 1.38. The summed E-state index contributed by atoms with van der Waals surface area (Å²) >= 11 is 3.33. The Labute approximate surface area is 84.7 Å². The normalized spacial score (nSPS) is 7.23. The number of hydrogen-bond acceptors (Lipinski definition) is 4. The molecule has 0 atom stereocenters. The maximum absolute atomic E-state index is 10.2. The molecular weight excluding hydrogens is 190 g/mol. The molecule has 0 unspecified atom stereocenters. The fraction of sp³-hybridized carbons (Fsp3) is 0.500. The zero-order valence-electron chi connectivity index (χ0n) is 8.37. The molecule has 0 aliphatic heterocycles. The van der Waals surface area contributed by atoms with Gasteiger partial charge in [0.2, 0.25) is 0 Å². The summed E-state index contributed by atoms with van der Waals surface area (Å²) in [4.78, 5) is 20.1. The molecule has 74 valence electrons. The lowest BCUT2D eigenvalue weighted by Crippen LogP contribution is -1.96. The minimum absolute atomic E-state index is 0.0521. The quantitative estimate of drug-likeness (QED) is 0.678. The Hall–Kier alpha value is -1.28. The summed E-state index contributed by atoms with van der Waals surface area (Å²) in [5.41, 5.74) is 0. The first-order valence-corrected chi connectivity index (χ1v) is 3.74. The van der Waals surface area contributed by atoms with Crippen LogP contribution in [-0.2, 0) is 22.0 Å². The van der Waals surface area contributed by atoms with Crippen LogP contribution in [-0.4, -0.2) is 16.9 Å². The highest BCUT2D eigenvalue weighted by Crippen LogP contribution is 1.94. The second-order valence-electron chi connectivity index (χ2n) is 1.95.